The second-order valence-corrected chi connectivity index (χ2v) is 10.2. The molecule has 11 nitrogen and oxygen atoms in total. The van der Waals surface area contributed by atoms with Crippen molar-refractivity contribution in [1.29, 1.82) is 0 Å². The van der Waals surface area contributed by atoms with E-state index in [4.69, 9.17) is 17.2 Å². The van der Waals surface area contributed by atoms with Gasteiger partial charge in [-0.3, -0.25) is 14.5 Å². The SMILES string of the molecule is Cl.NCC1CCC(C(=O)N(c2ccc(-c3nn[nH]n3)cc2)[C@@H](Cc2ccc(-c3cccnc3N)cc2)C(N)=O)CC1. The summed E-state index contributed by atoms with van der Waals surface area (Å²) in [5, 5.41) is 14.1. The third-order valence-electron chi connectivity index (χ3n) is 7.69. The molecule has 0 radical (unpaired) electrons. The lowest BCUT2D eigenvalue weighted by atomic mass is 9.81. The number of nitrogens with one attached hydrogen (secondary N) is 1. The van der Waals surface area contributed by atoms with Crippen molar-refractivity contribution in [3.63, 3.8) is 0 Å². The topological polar surface area (TPSA) is 183 Å². The Morgan fingerprint density at radius 2 is 1.66 bits per heavy atom. The number of nitrogens with zero attached hydrogens (tertiary/aromatic N) is 5. The average Bonchev–Trinajstić information content (AvgIpc) is 3.53. The van der Waals surface area contributed by atoms with Gasteiger partial charge < -0.3 is 17.2 Å². The van der Waals surface area contributed by atoms with Gasteiger partial charge in [0.1, 0.15) is 11.9 Å². The minimum absolute atomic E-state index is 0. The molecule has 2 aromatic carbocycles. The molecule has 7 N–H and O–H groups in total. The largest absolute Gasteiger partial charge is 0.383 e. The maximum Gasteiger partial charge on any atom is 0.240 e. The molecule has 1 fully saturated rings. The Morgan fingerprint density at radius 1 is 0.976 bits per heavy atom. The van der Waals surface area contributed by atoms with Crippen molar-refractivity contribution in [1.82, 2.24) is 25.6 Å². The molecule has 41 heavy (non-hydrogen) atoms. The molecule has 1 saturated carbocycles. The van der Waals surface area contributed by atoms with Crippen LogP contribution in [0.4, 0.5) is 11.5 Å². The number of anilines is 2. The van der Waals surface area contributed by atoms with E-state index in [2.05, 4.69) is 25.6 Å². The smallest absolute Gasteiger partial charge is 0.240 e. The first-order valence-electron chi connectivity index (χ1n) is 13.4. The fourth-order valence-electron chi connectivity index (χ4n) is 5.38. The number of nitrogen functional groups attached to an aromatic ring is 1. The summed E-state index contributed by atoms with van der Waals surface area (Å²) in [7, 11) is 0. The van der Waals surface area contributed by atoms with Crippen molar-refractivity contribution in [3.05, 3.63) is 72.4 Å². The molecule has 0 aliphatic heterocycles. The third-order valence-corrected chi connectivity index (χ3v) is 7.69. The minimum Gasteiger partial charge on any atom is -0.383 e. The molecule has 12 heteroatoms. The lowest BCUT2D eigenvalue weighted by Gasteiger charge is -2.35. The monoisotopic (exact) mass is 575 g/mol. The highest BCUT2D eigenvalue weighted by molar-refractivity contribution is 6.01. The number of aromatic nitrogens is 5. The maximum atomic E-state index is 14.0. The van der Waals surface area contributed by atoms with Crippen LogP contribution in [0.3, 0.4) is 0 Å². The first-order valence-corrected chi connectivity index (χ1v) is 13.4. The zero-order chi connectivity index (χ0) is 28.1. The molecule has 0 spiro atoms. The molecular weight excluding hydrogens is 542 g/mol. The number of primary amides is 1. The zero-order valence-electron chi connectivity index (χ0n) is 22.5. The van der Waals surface area contributed by atoms with E-state index >= 15 is 0 Å². The molecule has 2 heterocycles. The van der Waals surface area contributed by atoms with Gasteiger partial charge in [-0.2, -0.15) is 5.21 Å². The number of pyridine rings is 1. The van der Waals surface area contributed by atoms with Crippen LogP contribution < -0.4 is 22.1 Å². The van der Waals surface area contributed by atoms with Crippen LogP contribution in [-0.2, 0) is 16.0 Å². The maximum absolute atomic E-state index is 14.0. The number of hydrogen-bond acceptors (Lipinski definition) is 8. The van der Waals surface area contributed by atoms with Gasteiger partial charge in [-0.25, -0.2) is 4.98 Å². The first-order chi connectivity index (χ1) is 19.4. The van der Waals surface area contributed by atoms with Crippen LogP contribution >= 0.6 is 12.4 Å². The van der Waals surface area contributed by atoms with Gasteiger partial charge in [-0.15, -0.1) is 22.6 Å². The number of rotatable bonds is 9. The number of carbonyl (C=O) groups is 2. The number of hydrogen-bond donors (Lipinski definition) is 4. The molecule has 1 atom stereocenters. The van der Waals surface area contributed by atoms with Gasteiger partial charge in [0.05, 0.1) is 0 Å². The Morgan fingerprint density at radius 3 is 2.24 bits per heavy atom. The Balaban J connectivity index is 0.00000387. The summed E-state index contributed by atoms with van der Waals surface area (Å²) in [4.78, 5) is 32.7. The highest BCUT2D eigenvalue weighted by Gasteiger charge is 2.36. The van der Waals surface area contributed by atoms with Crippen LogP contribution in [0.1, 0.15) is 31.2 Å². The fourth-order valence-corrected chi connectivity index (χ4v) is 5.38. The number of H-pyrrole nitrogens is 1. The summed E-state index contributed by atoms with van der Waals surface area (Å²) < 4.78 is 0. The molecule has 1 aliphatic rings. The van der Waals surface area contributed by atoms with Crippen LogP contribution in [0.25, 0.3) is 22.5 Å². The Kier molecular flexibility index (Phi) is 9.64. The highest BCUT2D eigenvalue weighted by atomic mass is 35.5. The first kappa shape index (κ1) is 29.6. The van der Waals surface area contributed by atoms with Crippen molar-refractivity contribution in [3.8, 4) is 22.5 Å². The van der Waals surface area contributed by atoms with E-state index in [1.54, 1.807) is 35.4 Å². The number of carbonyl (C=O) groups excluding carboxylic acids is 2. The van der Waals surface area contributed by atoms with Gasteiger partial charge in [0.25, 0.3) is 0 Å². The number of halogens is 1. The summed E-state index contributed by atoms with van der Waals surface area (Å²) in [6.45, 7) is 0.618. The lowest BCUT2D eigenvalue weighted by molar-refractivity contribution is -0.127. The molecule has 0 unspecified atom stereocenters. The van der Waals surface area contributed by atoms with Crippen LogP contribution in [0.5, 0.6) is 0 Å². The molecule has 5 rings (SSSR count). The van der Waals surface area contributed by atoms with Crippen molar-refractivity contribution in [2.24, 2.45) is 23.3 Å². The molecule has 0 saturated heterocycles. The zero-order valence-corrected chi connectivity index (χ0v) is 23.3. The highest BCUT2D eigenvalue weighted by Crippen LogP contribution is 2.33. The minimum atomic E-state index is -0.884. The standard InChI is InChI=1S/C29H33N9O2.ClH/c30-17-19-5-9-22(10-6-19)29(40)38(23-13-11-21(12-14-23)28-34-36-37-35-28)25(27(32)39)16-18-3-7-20(8-4-18)24-2-1-15-33-26(24)31;/h1-4,7-8,11-15,19,22,25H,5-6,9-10,16-17,30H2,(H2,31,33)(H2,32,39)(H,34,35,36,37);1H/t19?,22?,25-;/m0./s1. The van der Waals surface area contributed by atoms with E-state index in [0.717, 1.165) is 47.9 Å². The summed E-state index contributed by atoms with van der Waals surface area (Å²) in [5.74, 6) is 0.405. The lowest BCUT2D eigenvalue weighted by Crippen LogP contribution is -2.52. The summed E-state index contributed by atoms with van der Waals surface area (Å²) in [6, 6.07) is 17.7. The van der Waals surface area contributed by atoms with E-state index in [9.17, 15) is 9.59 Å². The van der Waals surface area contributed by atoms with Crippen molar-refractivity contribution in [2.45, 2.75) is 38.1 Å². The van der Waals surface area contributed by atoms with Crippen LogP contribution in [-0.4, -0.2) is 50.0 Å². The van der Waals surface area contributed by atoms with E-state index in [0.29, 0.717) is 29.8 Å². The van der Waals surface area contributed by atoms with E-state index in [-0.39, 0.29) is 30.7 Å². The normalized spacial score (nSPS) is 17.3. The second kappa shape index (κ2) is 13.3. The van der Waals surface area contributed by atoms with Crippen LogP contribution in [0, 0.1) is 11.8 Å². The Bertz CT molecular complexity index is 1440. The number of amides is 2. The van der Waals surface area contributed by atoms with Gasteiger partial charge in [0, 0.05) is 35.3 Å². The van der Waals surface area contributed by atoms with E-state index in [1.165, 1.54) is 0 Å². The van der Waals surface area contributed by atoms with Gasteiger partial charge in [0.15, 0.2) is 0 Å². The molecular formula is C29H34ClN9O2. The van der Waals surface area contributed by atoms with Crippen molar-refractivity contribution in [2.75, 3.05) is 17.2 Å². The fraction of sp³-hybridized carbons (Fsp3) is 0.310. The van der Waals surface area contributed by atoms with Crippen LogP contribution in [0.15, 0.2) is 66.9 Å². The summed E-state index contributed by atoms with van der Waals surface area (Å²) in [5.41, 5.74) is 21.8. The van der Waals surface area contributed by atoms with Crippen molar-refractivity contribution >= 4 is 35.7 Å². The number of aromatic amines is 1. The summed E-state index contributed by atoms with van der Waals surface area (Å²) >= 11 is 0. The predicted octanol–water partition coefficient (Wildman–Crippen LogP) is 3.13. The predicted molar refractivity (Wildman–Crippen MR) is 160 cm³/mol. The molecule has 4 aromatic rings. The molecule has 1 aliphatic carbocycles. The second-order valence-electron chi connectivity index (χ2n) is 10.2. The third kappa shape index (κ3) is 6.69. The van der Waals surface area contributed by atoms with Gasteiger partial charge >= 0.3 is 0 Å². The Labute approximate surface area is 244 Å². The summed E-state index contributed by atoms with van der Waals surface area (Å²) in [6.07, 6.45) is 5.13. The quantitative estimate of drug-likeness (QED) is 0.234. The number of nitrogens with two attached hydrogens (primary N) is 3. The van der Waals surface area contributed by atoms with Crippen molar-refractivity contribution < 1.29 is 9.59 Å². The molecule has 2 amide bonds. The Hall–Kier alpha value is -4.35. The molecule has 214 valence electrons. The van der Waals surface area contributed by atoms with Gasteiger partial charge in [-0.1, -0.05) is 24.3 Å². The number of benzene rings is 2. The van der Waals surface area contributed by atoms with E-state index < -0.39 is 11.9 Å². The average molecular weight is 576 g/mol. The van der Waals surface area contributed by atoms with E-state index in [1.807, 2.05) is 36.4 Å². The van der Waals surface area contributed by atoms with Crippen LogP contribution in [0.2, 0.25) is 0 Å². The van der Waals surface area contributed by atoms with Gasteiger partial charge in [0.2, 0.25) is 17.6 Å². The van der Waals surface area contributed by atoms with Gasteiger partial charge in [-0.05, 0) is 90.9 Å². The molecule has 2 aromatic heterocycles. The molecule has 0 bridgehead atoms. The number of tetrazole rings is 1.